The van der Waals surface area contributed by atoms with Gasteiger partial charge in [-0.25, -0.2) is 22.7 Å². The minimum atomic E-state index is -3.08. The van der Waals surface area contributed by atoms with Crippen LogP contribution in [0.5, 0.6) is 0 Å². The fraction of sp³-hybridized carbons (Fsp3) is 0.412. The standard InChI is InChI=1S/C17H22N4O2S/c1-13-4-3-8-19-17(13)20-16-12-15(5-9-18-16)14-6-10-21(11-7-14)24(2,22)23/h3-5,8-9,12,14H,6-7,10-11H2,1-2H3,(H,18,19,20). The Bertz CT molecular complexity index is 815. The SMILES string of the molecule is Cc1cccnc1Nc1cc(C2CCN(S(C)(=O)=O)CC2)ccn1. The number of aryl methyl sites for hydroxylation is 1. The molecule has 1 N–H and O–H groups in total. The van der Waals surface area contributed by atoms with Crippen LogP contribution in [-0.2, 0) is 10.0 Å². The van der Waals surface area contributed by atoms with Gasteiger partial charge in [0.05, 0.1) is 6.26 Å². The van der Waals surface area contributed by atoms with Gasteiger partial charge in [-0.2, -0.15) is 0 Å². The summed E-state index contributed by atoms with van der Waals surface area (Å²) in [6, 6.07) is 7.95. The molecule has 0 saturated carbocycles. The maximum Gasteiger partial charge on any atom is 0.211 e. The summed E-state index contributed by atoms with van der Waals surface area (Å²) in [5.41, 5.74) is 2.25. The molecule has 0 atom stereocenters. The average molecular weight is 346 g/mol. The van der Waals surface area contributed by atoms with Crippen LogP contribution in [-0.4, -0.2) is 42.0 Å². The summed E-state index contributed by atoms with van der Waals surface area (Å²) in [6.45, 7) is 3.15. The van der Waals surface area contributed by atoms with Crippen molar-refractivity contribution in [1.82, 2.24) is 14.3 Å². The molecule has 1 aliphatic heterocycles. The van der Waals surface area contributed by atoms with Crippen LogP contribution in [0.1, 0.15) is 29.9 Å². The second-order valence-electron chi connectivity index (χ2n) is 6.20. The highest BCUT2D eigenvalue weighted by Gasteiger charge is 2.25. The van der Waals surface area contributed by atoms with Crippen molar-refractivity contribution in [1.29, 1.82) is 0 Å². The van der Waals surface area contributed by atoms with E-state index in [1.54, 1.807) is 16.7 Å². The van der Waals surface area contributed by atoms with E-state index in [0.29, 0.717) is 19.0 Å². The first-order chi connectivity index (χ1) is 11.4. The molecule has 0 spiro atoms. The van der Waals surface area contributed by atoms with E-state index in [4.69, 9.17) is 0 Å². The lowest BCUT2D eigenvalue weighted by Crippen LogP contribution is -2.37. The molecule has 0 aromatic carbocycles. The lowest BCUT2D eigenvalue weighted by atomic mass is 9.91. The molecule has 3 rings (SSSR count). The second-order valence-corrected chi connectivity index (χ2v) is 8.19. The molecule has 0 aliphatic carbocycles. The number of sulfonamides is 1. The topological polar surface area (TPSA) is 75.2 Å². The molecule has 0 bridgehead atoms. The Morgan fingerprint density at radius 1 is 1.17 bits per heavy atom. The predicted molar refractivity (Wildman–Crippen MR) is 94.9 cm³/mol. The summed E-state index contributed by atoms with van der Waals surface area (Å²) in [5.74, 6) is 1.92. The number of anilines is 2. The smallest absolute Gasteiger partial charge is 0.211 e. The molecule has 0 amide bonds. The van der Waals surface area contributed by atoms with Gasteiger partial charge in [-0.1, -0.05) is 6.07 Å². The Labute approximate surface area is 143 Å². The fourth-order valence-electron chi connectivity index (χ4n) is 3.03. The summed E-state index contributed by atoms with van der Waals surface area (Å²) in [5, 5.41) is 3.26. The van der Waals surface area contributed by atoms with Gasteiger partial charge in [0.25, 0.3) is 0 Å². The van der Waals surface area contributed by atoms with Gasteiger partial charge in [-0.05, 0) is 55.0 Å². The van der Waals surface area contributed by atoms with Crippen LogP contribution in [0.25, 0.3) is 0 Å². The average Bonchev–Trinajstić information content (AvgIpc) is 2.57. The lowest BCUT2D eigenvalue weighted by molar-refractivity contribution is 0.321. The van der Waals surface area contributed by atoms with Gasteiger partial charge in [0.1, 0.15) is 11.6 Å². The molecule has 1 saturated heterocycles. The van der Waals surface area contributed by atoms with Crippen molar-refractivity contribution >= 4 is 21.7 Å². The van der Waals surface area contributed by atoms with E-state index in [9.17, 15) is 8.42 Å². The van der Waals surface area contributed by atoms with Crippen LogP contribution in [0.3, 0.4) is 0 Å². The van der Waals surface area contributed by atoms with Crippen molar-refractivity contribution in [2.24, 2.45) is 0 Å². The molecular weight excluding hydrogens is 324 g/mol. The third-order valence-corrected chi connectivity index (χ3v) is 5.74. The molecular formula is C17H22N4O2S. The van der Waals surface area contributed by atoms with Crippen LogP contribution < -0.4 is 5.32 Å². The number of piperidine rings is 1. The summed E-state index contributed by atoms with van der Waals surface area (Å²) in [7, 11) is -3.08. The van der Waals surface area contributed by atoms with Crippen LogP contribution in [0.4, 0.5) is 11.6 Å². The number of aromatic nitrogens is 2. The van der Waals surface area contributed by atoms with Crippen molar-refractivity contribution in [2.45, 2.75) is 25.7 Å². The summed E-state index contributed by atoms with van der Waals surface area (Å²) >= 11 is 0. The van der Waals surface area contributed by atoms with E-state index in [1.807, 2.05) is 31.2 Å². The zero-order valence-corrected chi connectivity index (χ0v) is 14.8. The highest BCUT2D eigenvalue weighted by molar-refractivity contribution is 7.88. The number of nitrogens with zero attached hydrogens (tertiary/aromatic N) is 3. The molecule has 1 fully saturated rings. The zero-order chi connectivity index (χ0) is 17.2. The van der Waals surface area contributed by atoms with E-state index >= 15 is 0 Å². The Balaban J connectivity index is 1.71. The zero-order valence-electron chi connectivity index (χ0n) is 13.9. The third kappa shape index (κ3) is 3.91. The minimum Gasteiger partial charge on any atom is -0.325 e. The summed E-state index contributed by atoms with van der Waals surface area (Å²) < 4.78 is 24.8. The van der Waals surface area contributed by atoms with Crippen LogP contribution in [0, 0.1) is 6.92 Å². The molecule has 0 unspecified atom stereocenters. The van der Waals surface area contributed by atoms with Gasteiger partial charge in [0.2, 0.25) is 10.0 Å². The van der Waals surface area contributed by atoms with Crippen LogP contribution >= 0.6 is 0 Å². The van der Waals surface area contributed by atoms with Crippen LogP contribution in [0.15, 0.2) is 36.7 Å². The van der Waals surface area contributed by atoms with E-state index in [1.165, 1.54) is 11.8 Å². The van der Waals surface area contributed by atoms with Crippen molar-refractivity contribution < 1.29 is 8.42 Å². The lowest BCUT2D eigenvalue weighted by Gasteiger charge is -2.30. The first kappa shape index (κ1) is 16.9. The maximum atomic E-state index is 11.6. The number of nitrogens with one attached hydrogen (secondary N) is 1. The molecule has 1 aliphatic rings. The molecule has 24 heavy (non-hydrogen) atoms. The Morgan fingerprint density at radius 2 is 1.92 bits per heavy atom. The Morgan fingerprint density at radius 3 is 2.58 bits per heavy atom. The summed E-state index contributed by atoms with van der Waals surface area (Å²) in [6.07, 6.45) is 6.48. The van der Waals surface area contributed by atoms with Gasteiger partial charge in [0, 0.05) is 25.5 Å². The number of hydrogen-bond acceptors (Lipinski definition) is 5. The van der Waals surface area contributed by atoms with Gasteiger partial charge >= 0.3 is 0 Å². The normalized spacial score (nSPS) is 16.9. The highest BCUT2D eigenvalue weighted by Crippen LogP contribution is 2.30. The van der Waals surface area contributed by atoms with Crippen molar-refractivity contribution in [3.05, 3.63) is 47.8 Å². The minimum absolute atomic E-state index is 0.358. The Hall–Kier alpha value is -1.99. The number of pyridine rings is 2. The second kappa shape index (κ2) is 6.86. The van der Waals surface area contributed by atoms with Crippen molar-refractivity contribution in [2.75, 3.05) is 24.7 Å². The molecule has 7 heteroatoms. The van der Waals surface area contributed by atoms with E-state index in [2.05, 4.69) is 15.3 Å². The number of hydrogen-bond donors (Lipinski definition) is 1. The maximum absolute atomic E-state index is 11.6. The van der Waals surface area contributed by atoms with Gasteiger partial charge in [-0.15, -0.1) is 0 Å². The largest absolute Gasteiger partial charge is 0.325 e. The molecule has 0 radical (unpaired) electrons. The number of rotatable bonds is 4. The Kier molecular flexibility index (Phi) is 4.82. The molecule has 128 valence electrons. The molecule has 2 aromatic rings. The summed E-state index contributed by atoms with van der Waals surface area (Å²) in [4.78, 5) is 8.70. The van der Waals surface area contributed by atoms with E-state index < -0.39 is 10.0 Å². The first-order valence-electron chi connectivity index (χ1n) is 8.03. The van der Waals surface area contributed by atoms with Gasteiger partial charge < -0.3 is 5.32 Å². The first-order valence-corrected chi connectivity index (χ1v) is 9.88. The van der Waals surface area contributed by atoms with Gasteiger partial charge in [-0.3, -0.25) is 0 Å². The fourth-order valence-corrected chi connectivity index (χ4v) is 3.90. The molecule has 2 aromatic heterocycles. The van der Waals surface area contributed by atoms with Crippen molar-refractivity contribution in [3.8, 4) is 0 Å². The predicted octanol–water partition coefficient (Wildman–Crippen LogP) is 2.67. The monoisotopic (exact) mass is 346 g/mol. The van der Waals surface area contributed by atoms with Gasteiger partial charge in [0.15, 0.2) is 0 Å². The van der Waals surface area contributed by atoms with E-state index in [0.717, 1.165) is 30.0 Å². The third-order valence-electron chi connectivity index (χ3n) is 4.43. The van der Waals surface area contributed by atoms with E-state index in [-0.39, 0.29) is 0 Å². The van der Waals surface area contributed by atoms with Crippen molar-refractivity contribution in [3.63, 3.8) is 0 Å². The molecule has 3 heterocycles. The highest BCUT2D eigenvalue weighted by atomic mass is 32.2. The van der Waals surface area contributed by atoms with Crippen LogP contribution in [0.2, 0.25) is 0 Å². The quantitative estimate of drug-likeness (QED) is 0.921. The molecule has 6 nitrogen and oxygen atoms in total.